The lowest BCUT2D eigenvalue weighted by molar-refractivity contribution is -0.384. The third kappa shape index (κ3) is 4.86. The molecule has 8 nitrogen and oxygen atoms in total. The molecule has 0 bridgehead atoms. The fraction of sp³-hybridized carbons (Fsp3) is 0.176. The lowest BCUT2D eigenvalue weighted by atomic mass is 10.3. The highest BCUT2D eigenvalue weighted by molar-refractivity contribution is 7.99. The first-order chi connectivity index (χ1) is 12.9. The lowest BCUT2D eigenvalue weighted by Crippen LogP contribution is -2.14. The largest absolute Gasteiger partial charge is 0.325 e. The van der Waals surface area contributed by atoms with Crippen molar-refractivity contribution >= 4 is 40.4 Å². The standard InChI is InChI=1S/C17H15N5O3S2/c1-10-17(27-11(2)18-10)14-7-8-16(21-20-14)26-9-15(23)19-12-3-5-13(6-4-12)22(24)25/h3-8H,9H2,1-2H3,(H,19,23). The van der Waals surface area contributed by atoms with E-state index < -0.39 is 4.92 Å². The Balaban J connectivity index is 1.55. The lowest BCUT2D eigenvalue weighted by Gasteiger charge is -2.05. The predicted molar refractivity (Wildman–Crippen MR) is 105 cm³/mol. The van der Waals surface area contributed by atoms with Crippen LogP contribution < -0.4 is 5.32 Å². The van der Waals surface area contributed by atoms with Gasteiger partial charge in [0.15, 0.2) is 0 Å². The van der Waals surface area contributed by atoms with Gasteiger partial charge in [0.25, 0.3) is 5.69 Å². The minimum absolute atomic E-state index is 0.0240. The molecule has 3 aromatic rings. The zero-order chi connectivity index (χ0) is 19.4. The van der Waals surface area contributed by atoms with E-state index in [0.29, 0.717) is 10.7 Å². The van der Waals surface area contributed by atoms with Gasteiger partial charge in [-0.15, -0.1) is 21.5 Å². The van der Waals surface area contributed by atoms with Gasteiger partial charge in [-0.25, -0.2) is 4.98 Å². The highest BCUT2D eigenvalue weighted by Gasteiger charge is 2.11. The quantitative estimate of drug-likeness (QED) is 0.379. The number of amides is 1. The zero-order valence-electron chi connectivity index (χ0n) is 14.5. The number of carbonyl (C=O) groups is 1. The number of aryl methyl sites for hydroxylation is 2. The maximum Gasteiger partial charge on any atom is 0.269 e. The van der Waals surface area contributed by atoms with Crippen molar-refractivity contribution in [2.24, 2.45) is 0 Å². The third-order valence-corrected chi connectivity index (χ3v) is 5.50. The maximum atomic E-state index is 12.0. The molecule has 0 aliphatic heterocycles. The van der Waals surface area contributed by atoms with Gasteiger partial charge < -0.3 is 5.32 Å². The Hall–Kier alpha value is -2.85. The average molecular weight is 401 g/mol. The number of hydrogen-bond donors (Lipinski definition) is 1. The number of carbonyl (C=O) groups excluding carboxylic acids is 1. The SMILES string of the molecule is Cc1nc(C)c(-c2ccc(SCC(=O)Nc3ccc([N+](=O)[O-])cc3)nn2)s1. The highest BCUT2D eigenvalue weighted by atomic mass is 32.2. The molecule has 2 heterocycles. The van der Waals surface area contributed by atoms with Crippen molar-refractivity contribution in [3.63, 3.8) is 0 Å². The molecular weight excluding hydrogens is 386 g/mol. The molecule has 10 heteroatoms. The number of thiazole rings is 1. The number of thioether (sulfide) groups is 1. The number of nitrogens with zero attached hydrogens (tertiary/aromatic N) is 4. The van der Waals surface area contributed by atoms with E-state index in [-0.39, 0.29) is 17.3 Å². The molecule has 0 saturated heterocycles. The number of hydrogen-bond acceptors (Lipinski definition) is 8. The third-order valence-electron chi connectivity index (χ3n) is 3.49. The second kappa shape index (κ2) is 8.23. The van der Waals surface area contributed by atoms with Crippen molar-refractivity contribution in [2.45, 2.75) is 18.9 Å². The summed E-state index contributed by atoms with van der Waals surface area (Å²) < 4.78 is 0. The monoisotopic (exact) mass is 401 g/mol. The maximum absolute atomic E-state index is 12.0. The molecule has 0 aliphatic carbocycles. The number of nitrogens with one attached hydrogen (secondary N) is 1. The molecule has 2 aromatic heterocycles. The van der Waals surface area contributed by atoms with E-state index in [2.05, 4.69) is 20.5 Å². The molecular formula is C17H15N5O3S2. The summed E-state index contributed by atoms with van der Waals surface area (Å²) in [6.45, 7) is 3.88. The first-order valence-electron chi connectivity index (χ1n) is 7.87. The Morgan fingerprint density at radius 3 is 2.48 bits per heavy atom. The molecule has 1 amide bonds. The molecule has 0 unspecified atom stereocenters. The normalized spacial score (nSPS) is 10.6. The van der Waals surface area contributed by atoms with Crippen LogP contribution >= 0.6 is 23.1 Å². The van der Waals surface area contributed by atoms with Gasteiger partial charge in [0.2, 0.25) is 5.91 Å². The number of nitro groups is 1. The summed E-state index contributed by atoms with van der Waals surface area (Å²) in [5, 5.41) is 23.3. The first-order valence-corrected chi connectivity index (χ1v) is 9.68. The molecule has 0 fully saturated rings. The van der Waals surface area contributed by atoms with Crippen molar-refractivity contribution < 1.29 is 9.72 Å². The van der Waals surface area contributed by atoms with Crippen LogP contribution in [0.25, 0.3) is 10.6 Å². The average Bonchev–Trinajstić information content (AvgIpc) is 2.99. The number of nitro benzene ring substituents is 1. The number of benzene rings is 1. The van der Waals surface area contributed by atoms with Gasteiger partial charge in [-0.05, 0) is 38.1 Å². The highest BCUT2D eigenvalue weighted by Crippen LogP contribution is 2.28. The Kier molecular flexibility index (Phi) is 5.77. The first kappa shape index (κ1) is 18.9. The number of rotatable bonds is 6. The van der Waals surface area contributed by atoms with E-state index in [1.165, 1.54) is 36.0 Å². The molecule has 0 saturated carbocycles. The van der Waals surface area contributed by atoms with Crippen molar-refractivity contribution in [1.29, 1.82) is 0 Å². The van der Waals surface area contributed by atoms with E-state index in [9.17, 15) is 14.9 Å². The summed E-state index contributed by atoms with van der Waals surface area (Å²) in [6.07, 6.45) is 0. The van der Waals surface area contributed by atoms with E-state index in [4.69, 9.17) is 0 Å². The van der Waals surface area contributed by atoms with Gasteiger partial charge in [0.1, 0.15) is 10.7 Å². The van der Waals surface area contributed by atoms with Gasteiger partial charge in [0.05, 0.1) is 26.3 Å². The molecule has 3 rings (SSSR count). The van der Waals surface area contributed by atoms with Crippen LogP contribution in [0.3, 0.4) is 0 Å². The van der Waals surface area contributed by atoms with Crippen LogP contribution in [-0.4, -0.2) is 31.8 Å². The molecule has 1 N–H and O–H groups in total. The van der Waals surface area contributed by atoms with Crippen LogP contribution in [0.4, 0.5) is 11.4 Å². The van der Waals surface area contributed by atoms with Crippen LogP contribution in [-0.2, 0) is 4.79 Å². The summed E-state index contributed by atoms with van der Waals surface area (Å²) in [5.41, 5.74) is 2.17. The van der Waals surface area contributed by atoms with Gasteiger partial charge in [-0.2, -0.15) is 0 Å². The van der Waals surface area contributed by atoms with Gasteiger partial charge in [0, 0.05) is 17.8 Å². The summed E-state index contributed by atoms with van der Waals surface area (Å²) >= 11 is 2.83. The molecule has 138 valence electrons. The number of aromatic nitrogens is 3. The fourth-order valence-corrected chi connectivity index (χ4v) is 3.79. The van der Waals surface area contributed by atoms with Gasteiger partial charge >= 0.3 is 0 Å². The smallest absolute Gasteiger partial charge is 0.269 e. The van der Waals surface area contributed by atoms with Gasteiger partial charge in [-0.3, -0.25) is 14.9 Å². The van der Waals surface area contributed by atoms with E-state index in [1.807, 2.05) is 26.0 Å². The fourth-order valence-electron chi connectivity index (χ4n) is 2.29. The van der Waals surface area contributed by atoms with Crippen molar-refractivity contribution in [2.75, 3.05) is 11.1 Å². The second-order valence-electron chi connectivity index (χ2n) is 5.55. The van der Waals surface area contributed by atoms with Crippen LogP contribution in [0.1, 0.15) is 10.7 Å². The Labute approximate surface area is 163 Å². The van der Waals surface area contributed by atoms with E-state index in [0.717, 1.165) is 21.3 Å². The summed E-state index contributed by atoms with van der Waals surface area (Å²) in [4.78, 5) is 27.5. The minimum atomic E-state index is -0.487. The molecule has 0 radical (unpaired) electrons. The zero-order valence-corrected chi connectivity index (χ0v) is 16.1. The molecule has 1 aromatic carbocycles. The topological polar surface area (TPSA) is 111 Å². The minimum Gasteiger partial charge on any atom is -0.325 e. The van der Waals surface area contributed by atoms with E-state index >= 15 is 0 Å². The predicted octanol–water partition coefficient (Wildman–Crippen LogP) is 3.86. The van der Waals surface area contributed by atoms with Crippen LogP contribution in [0.15, 0.2) is 41.4 Å². The summed E-state index contributed by atoms with van der Waals surface area (Å²) in [7, 11) is 0. The molecule has 0 spiro atoms. The van der Waals surface area contributed by atoms with Crippen LogP contribution in [0, 0.1) is 24.0 Å². The molecule has 0 atom stereocenters. The van der Waals surface area contributed by atoms with Crippen LogP contribution in [0.2, 0.25) is 0 Å². The summed E-state index contributed by atoms with van der Waals surface area (Å²) in [5.74, 6) is -0.0716. The second-order valence-corrected chi connectivity index (χ2v) is 7.74. The Morgan fingerprint density at radius 2 is 1.93 bits per heavy atom. The number of non-ortho nitro benzene ring substituents is 1. The number of anilines is 1. The molecule has 27 heavy (non-hydrogen) atoms. The van der Waals surface area contributed by atoms with Crippen LogP contribution in [0.5, 0.6) is 0 Å². The molecule has 0 aliphatic rings. The van der Waals surface area contributed by atoms with E-state index in [1.54, 1.807) is 11.3 Å². The van der Waals surface area contributed by atoms with Crippen molar-refractivity contribution in [3.8, 4) is 10.6 Å². The Morgan fingerprint density at radius 1 is 1.19 bits per heavy atom. The summed E-state index contributed by atoms with van der Waals surface area (Å²) in [6, 6.07) is 9.36. The van der Waals surface area contributed by atoms with Gasteiger partial charge in [-0.1, -0.05) is 11.8 Å². The van der Waals surface area contributed by atoms with Crippen molar-refractivity contribution in [1.82, 2.24) is 15.2 Å². The Bertz CT molecular complexity index is 971. The van der Waals surface area contributed by atoms with Crippen molar-refractivity contribution in [3.05, 3.63) is 57.2 Å².